The summed E-state index contributed by atoms with van der Waals surface area (Å²) in [6.07, 6.45) is -0.483. The van der Waals surface area contributed by atoms with E-state index in [9.17, 15) is 38.7 Å². The normalized spacial score (nSPS) is 24.3. The van der Waals surface area contributed by atoms with Crippen LogP contribution >= 0.6 is 0 Å². The molecule has 7 N–H and O–H groups in total. The quantitative estimate of drug-likeness (QED) is 0.0847. The number of likely N-dealkylation sites (tertiary alicyclic amines) is 1. The molecular formula is C78H110N12O14. The predicted molar refractivity (Wildman–Crippen MR) is 393 cm³/mol. The van der Waals surface area contributed by atoms with Crippen molar-refractivity contribution in [2.45, 2.75) is 199 Å². The fraction of sp³-hybridized carbons (Fsp3) is 0.538. The van der Waals surface area contributed by atoms with Crippen LogP contribution in [0, 0.1) is 11.8 Å². The molecule has 0 unspecified atom stereocenters. The Kier molecular flexibility index (Phi) is 31.6. The van der Waals surface area contributed by atoms with Crippen molar-refractivity contribution in [1.82, 2.24) is 61.3 Å². The van der Waals surface area contributed by atoms with Crippen molar-refractivity contribution >= 4 is 70.9 Å². The molecule has 0 radical (unpaired) electrons. The molecule has 0 spiro atoms. The minimum Gasteiger partial charge on any atom is -0.391 e. The van der Waals surface area contributed by atoms with Crippen LogP contribution in [-0.4, -0.2) is 239 Å². The van der Waals surface area contributed by atoms with Gasteiger partial charge in [0, 0.05) is 74.0 Å². The molecule has 566 valence electrons. The van der Waals surface area contributed by atoms with Gasteiger partial charge < -0.3 is 71.1 Å². The molecule has 0 saturated carbocycles. The lowest BCUT2D eigenvalue weighted by Crippen LogP contribution is -2.63. The molecular weight excluding hydrogens is 1330 g/mol. The number of hydrogen-bond donors (Lipinski definition) is 7. The van der Waals surface area contributed by atoms with Crippen molar-refractivity contribution in [2.24, 2.45) is 11.8 Å². The summed E-state index contributed by atoms with van der Waals surface area (Å²) in [6.45, 7) is 14.8. The van der Waals surface area contributed by atoms with Crippen molar-refractivity contribution < 1.29 is 67.4 Å². The van der Waals surface area contributed by atoms with Crippen molar-refractivity contribution in [2.75, 3.05) is 61.5 Å². The number of nitrogens with one attached hydrogen (secondary N) is 6. The standard InChI is InChI=1S/C78H110N12O14/c1-49(2)40-57-68(94)84-67(52(6)91)71(97)82-58(42-53-30-20-15-21-31-53)73(99)86(11)61(41-50(3)4)69(95)83-60(48-104-78(7,8)9)74(100)89(14)64(45-56-36-26-18-27-37-56)77(103)87(12)62(43-54-32-22-16-23-33-54)70(96)81-59(75(101)90-38-28-19-29-39-90)46-65(92)79-51(5)72(98)88(13)63(44-55-34-24-17-25-35-55)76(102)85(10)47-66(93)80-57/h15-18,20-27,30-37,49-52,57-64,67,91H,19,28-29,38-48H2,1-14H3,(H,79,92)(H,80,93)(H,81,96)(H,82,97)(H,83,95)(H,84,94)/t51-,52-,57+,58+,59+,60+,61+,62+,63+,64+,67+/m1/s1. The topological polar surface area (TPSA) is 326 Å². The number of carbonyl (C=O) groups excluding carboxylic acids is 12. The van der Waals surface area contributed by atoms with Gasteiger partial charge in [0.15, 0.2) is 0 Å². The van der Waals surface area contributed by atoms with Crippen molar-refractivity contribution in [3.8, 4) is 0 Å². The maximum Gasteiger partial charge on any atom is 0.247 e. The molecule has 6 rings (SSSR count). The molecule has 12 amide bonds. The highest BCUT2D eigenvalue weighted by Gasteiger charge is 2.43. The molecule has 4 aromatic carbocycles. The lowest BCUT2D eigenvalue weighted by atomic mass is 9.98. The average Bonchev–Trinajstić information content (AvgIpc) is 0.822. The van der Waals surface area contributed by atoms with Gasteiger partial charge in [0.25, 0.3) is 0 Å². The highest BCUT2D eigenvalue weighted by atomic mass is 16.5. The summed E-state index contributed by atoms with van der Waals surface area (Å²) in [6, 6.07) is 20.8. The summed E-state index contributed by atoms with van der Waals surface area (Å²) < 4.78 is 6.26. The molecule has 104 heavy (non-hydrogen) atoms. The Hall–Kier alpha value is -9.56. The second-order valence-corrected chi connectivity index (χ2v) is 29.4. The summed E-state index contributed by atoms with van der Waals surface area (Å²) in [5.41, 5.74) is 1.56. The summed E-state index contributed by atoms with van der Waals surface area (Å²) in [7, 11) is 6.91. The molecule has 11 atom stereocenters. The van der Waals surface area contributed by atoms with Gasteiger partial charge in [-0.05, 0) is 101 Å². The maximum absolute atomic E-state index is 15.8. The molecule has 0 bridgehead atoms. The second-order valence-electron chi connectivity index (χ2n) is 29.4. The van der Waals surface area contributed by atoms with E-state index < -0.39 is 163 Å². The smallest absolute Gasteiger partial charge is 0.247 e. The van der Waals surface area contributed by atoms with Crippen LogP contribution in [0.4, 0.5) is 0 Å². The first-order chi connectivity index (χ1) is 49.1. The van der Waals surface area contributed by atoms with Gasteiger partial charge >= 0.3 is 0 Å². The number of piperidine rings is 1. The van der Waals surface area contributed by atoms with E-state index in [0.717, 1.165) is 16.2 Å². The number of carbonyl (C=O) groups is 12. The number of likely N-dealkylation sites (N-methyl/N-ethyl adjacent to an activating group) is 5. The zero-order valence-electron chi connectivity index (χ0n) is 62.9. The Morgan fingerprint density at radius 3 is 1.38 bits per heavy atom. The third-order valence-corrected chi connectivity index (χ3v) is 18.7. The van der Waals surface area contributed by atoms with Gasteiger partial charge in [-0.1, -0.05) is 149 Å². The first-order valence-electron chi connectivity index (χ1n) is 36.0. The summed E-state index contributed by atoms with van der Waals surface area (Å²) >= 11 is 0. The predicted octanol–water partition coefficient (Wildman–Crippen LogP) is 3.36. The van der Waals surface area contributed by atoms with E-state index in [1.165, 1.54) is 63.8 Å². The Bertz CT molecular complexity index is 3550. The number of rotatable bonds is 16. The molecule has 0 aromatic heterocycles. The Morgan fingerprint density at radius 1 is 0.462 bits per heavy atom. The van der Waals surface area contributed by atoms with Crippen LogP contribution in [0.3, 0.4) is 0 Å². The number of benzene rings is 4. The van der Waals surface area contributed by atoms with E-state index in [1.54, 1.807) is 161 Å². The highest BCUT2D eigenvalue weighted by Crippen LogP contribution is 2.22. The number of aliphatic hydroxyl groups excluding tert-OH is 1. The van der Waals surface area contributed by atoms with Crippen molar-refractivity contribution in [3.63, 3.8) is 0 Å². The monoisotopic (exact) mass is 1440 g/mol. The van der Waals surface area contributed by atoms with Crippen molar-refractivity contribution in [1.29, 1.82) is 0 Å². The van der Waals surface area contributed by atoms with Crippen LogP contribution in [-0.2, 0) is 88.0 Å². The number of nitrogens with zero attached hydrogens (tertiary/aromatic N) is 6. The molecule has 26 heteroatoms. The van der Waals surface area contributed by atoms with Crippen LogP contribution in [0.1, 0.15) is 123 Å². The minimum atomic E-state index is -1.73. The largest absolute Gasteiger partial charge is 0.391 e. The van der Waals surface area contributed by atoms with E-state index in [1.807, 2.05) is 13.8 Å². The molecule has 4 aromatic rings. The number of ether oxygens (including phenoxy) is 1. The SMILES string of the molecule is CC(C)C[C@@H]1NC(=O)CN(C)C(=O)[C@H](Cc2ccccc2)N(C)C(=O)[C@@H](C)NC(=O)C[C@@H](C(=O)N2CCCCC2)NC(=O)[C@H](Cc2ccccc2)N(C)C(=O)[C@H](Cc2ccccc2)N(C)C(=O)[C@H](COC(C)(C)C)NC(=O)[C@H](CC(C)C)N(C)C(=O)[C@H](Cc2ccccc2)NC(=O)[C@H]([C@@H](C)O)NC1=O. The van der Waals surface area contributed by atoms with Gasteiger partial charge in [-0.2, -0.15) is 0 Å². The fourth-order valence-electron chi connectivity index (χ4n) is 12.8. The summed E-state index contributed by atoms with van der Waals surface area (Å²) in [5.74, 6) is -9.93. The first-order valence-corrected chi connectivity index (χ1v) is 36.0. The molecule has 0 aliphatic carbocycles. The molecule has 2 aliphatic rings. The van der Waals surface area contributed by atoms with Crippen LogP contribution < -0.4 is 31.9 Å². The van der Waals surface area contributed by atoms with E-state index in [2.05, 4.69) is 31.9 Å². The summed E-state index contributed by atoms with van der Waals surface area (Å²) in [4.78, 5) is 187. The Labute approximate surface area is 612 Å². The second kappa shape index (κ2) is 39.4. The molecule has 2 aliphatic heterocycles. The van der Waals surface area contributed by atoms with Gasteiger partial charge in [0.05, 0.1) is 31.3 Å². The van der Waals surface area contributed by atoms with E-state index in [-0.39, 0.29) is 50.4 Å². The minimum absolute atomic E-state index is 0.0171. The molecule has 2 fully saturated rings. The Morgan fingerprint density at radius 2 is 0.894 bits per heavy atom. The number of hydrogen-bond acceptors (Lipinski definition) is 14. The highest BCUT2D eigenvalue weighted by molar-refractivity contribution is 6.00. The van der Waals surface area contributed by atoms with Crippen LogP contribution in [0.2, 0.25) is 0 Å². The van der Waals surface area contributed by atoms with Crippen LogP contribution in [0.25, 0.3) is 0 Å². The number of aliphatic hydroxyl groups is 1. The molecule has 2 heterocycles. The van der Waals surface area contributed by atoms with Gasteiger partial charge in [0.2, 0.25) is 70.9 Å². The van der Waals surface area contributed by atoms with E-state index in [0.29, 0.717) is 48.2 Å². The summed E-state index contributed by atoms with van der Waals surface area (Å²) in [5, 5.41) is 27.7. The zero-order chi connectivity index (χ0) is 76.7. The third-order valence-electron chi connectivity index (χ3n) is 18.7. The van der Waals surface area contributed by atoms with Gasteiger partial charge in [-0.15, -0.1) is 0 Å². The number of amides is 12. The zero-order valence-corrected chi connectivity index (χ0v) is 62.9. The molecule has 2 saturated heterocycles. The average molecular weight is 1440 g/mol. The van der Waals surface area contributed by atoms with Crippen LogP contribution in [0.5, 0.6) is 0 Å². The van der Waals surface area contributed by atoms with E-state index >= 15 is 24.0 Å². The van der Waals surface area contributed by atoms with Gasteiger partial charge in [0.1, 0.15) is 60.4 Å². The van der Waals surface area contributed by atoms with Crippen molar-refractivity contribution in [3.05, 3.63) is 144 Å². The lowest BCUT2D eigenvalue weighted by Gasteiger charge is -2.37. The van der Waals surface area contributed by atoms with Gasteiger partial charge in [-0.3, -0.25) is 57.5 Å². The third kappa shape index (κ3) is 24.8. The van der Waals surface area contributed by atoms with E-state index in [4.69, 9.17) is 4.74 Å². The van der Waals surface area contributed by atoms with Crippen LogP contribution in [0.15, 0.2) is 121 Å². The lowest BCUT2D eigenvalue weighted by molar-refractivity contribution is -0.151. The fourth-order valence-corrected chi connectivity index (χ4v) is 12.8. The molecule has 26 nitrogen and oxygen atoms in total. The maximum atomic E-state index is 15.8. The van der Waals surface area contributed by atoms with Gasteiger partial charge in [-0.25, -0.2) is 0 Å². The first kappa shape index (κ1) is 83.4. The Balaban J connectivity index is 1.50.